The number of amides is 1. The summed E-state index contributed by atoms with van der Waals surface area (Å²) in [5.74, 6) is 0.338. The maximum absolute atomic E-state index is 12.4. The van der Waals surface area contributed by atoms with E-state index in [9.17, 15) is 4.79 Å². The third-order valence-electron chi connectivity index (χ3n) is 3.74. The van der Waals surface area contributed by atoms with E-state index in [1.807, 2.05) is 35.9 Å². The van der Waals surface area contributed by atoms with Crippen molar-refractivity contribution < 1.29 is 4.79 Å². The Balaban J connectivity index is 1.49. The molecule has 0 saturated carbocycles. The van der Waals surface area contributed by atoms with Gasteiger partial charge in [-0.25, -0.2) is 19.6 Å². The predicted octanol–water partition coefficient (Wildman–Crippen LogP) is 1.55. The van der Waals surface area contributed by atoms with E-state index in [2.05, 4.69) is 25.4 Å². The van der Waals surface area contributed by atoms with Gasteiger partial charge in [0.25, 0.3) is 5.91 Å². The maximum Gasteiger partial charge on any atom is 0.251 e. The Kier molecular flexibility index (Phi) is 3.70. The summed E-state index contributed by atoms with van der Waals surface area (Å²) < 4.78 is 3.45. The Bertz CT molecular complexity index is 1040. The van der Waals surface area contributed by atoms with E-state index in [1.165, 1.54) is 17.3 Å². The normalized spacial score (nSPS) is 10.9. The number of hydrogen-bond acceptors (Lipinski definition) is 5. The van der Waals surface area contributed by atoms with Gasteiger partial charge < -0.3 is 9.72 Å². The molecule has 0 saturated heterocycles. The number of pyridine rings is 2. The van der Waals surface area contributed by atoms with Crippen molar-refractivity contribution in [2.24, 2.45) is 0 Å². The van der Waals surface area contributed by atoms with Crippen LogP contribution < -0.4 is 5.32 Å². The summed E-state index contributed by atoms with van der Waals surface area (Å²) in [6.45, 7) is 2.37. The highest BCUT2D eigenvalue weighted by molar-refractivity contribution is 5.94. The fourth-order valence-electron chi connectivity index (χ4n) is 2.53. The molecule has 4 rings (SSSR count). The fraction of sp³-hybridized carbons (Fsp3) is 0.118. The molecule has 25 heavy (non-hydrogen) atoms. The number of aryl methyl sites for hydroxylation is 1. The predicted molar refractivity (Wildman–Crippen MR) is 90.3 cm³/mol. The molecule has 0 aliphatic rings. The largest absolute Gasteiger partial charge is 0.346 e. The summed E-state index contributed by atoms with van der Waals surface area (Å²) in [5.41, 5.74) is 3.30. The number of aromatic nitrogens is 6. The van der Waals surface area contributed by atoms with Crippen molar-refractivity contribution in [3.05, 3.63) is 72.3 Å². The quantitative estimate of drug-likeness (QED) is 0.612. The average molecular weight is 333 g/mol. The first-order valence-corrected chi connectivity index (χ1v) is 7.72. The van der Waals surface area contributed by atoms with Crippen LogP contribution in [0.1, 0.15) is 21.6 Å². The second kappa shape index (κ2) is 6.16. The minimum Gasteiger partial charge on any atom is -0.346 e. The van der Waals surface area contributed by atoms with Crippen molar-refractivity contribution >= 4 is 11.6 Å². The number of hydrogen-bond donors (Lipinski definition) is 1. The van der Waals surface area contributed by atoms with Crippen LogP contribution in [0.25, 0.3) is 11.5 Å². The van der Waals surface area contributed by atoms with Gasteiger partial charge in [0.05, 0.1) is 12.2 Å². The maximum atomic E-state index is 12.4. The summed E-state index contributed by atoms with van der Waals surface area (Å²) in [6.07, 6.45) is 8.43. The lowest BCUT2D eigenvalue weighted by atomic mass is 10.2. The van der Waals surface area contributed by atoms with E-state index < -0.39 is 0 Å². The van der Waals surface area contributed by atoms with Gasteiger partial charge in [0, 0.05) is 24.2 Å². The number of carbonyl (C=O) groups excluding carboxylic acids is 1. The molecule has 1 N–H and O–H groups in total. The van der Waals surface area contributed by atoms with Crippen LogP contribution >= 0.6 is 0 Å². The van der Waals surface area contributed by atoms with Crippen LogP contribution in [0.4, 0.5) is 0 Å². The highest BCUT2D eigenvalue weighted by Crippen LogP contribution is 2.09. The molecule has 4 heterocycles. The van der Waals surface area contributed by atoms with Crippen molar-refractivity contribution in [1.29, 1.82) is 0 Å². The first-order chi connectivity index (χ1) is 12.2. The number of carbonyl (C=O) groups is 1. The SMILES string of the molecule is Cc1ccc2nc(CNC(=O)c3ccnc(-n4cncn4)c3)cn2c1. The summed E-state index contributed by atoms with van der Waals surface area (Å²) in [7, 11) is 0. The Morgan fingerprint density at radius 3 is 3.00 bits per heavy atom. The number of rotatable bonds is 4. The van der Waals surface area contributed by atoms with Gasteiger partial charge in [0.1, 0.15) is 18.3 Å². The van der Waals surface area contributed by atoms with E-state index in [-0.39, 0.29) is 5.91 Å². The van der Waals surface area contributed by atoms with Gasteiger partial charge in [-0.1, -0.05) is 6.07 Å². The fourth-order valence-corrected chi connectivity index (χ4v) is 2.53. The van der Waals surface area contributed by atoms with Crippen LogP contribution in [0.3, 0.4) is 0 Å². The van der Waals surface area contributed by atoms with Crippen LogP contribution in [-0.2, 0) is 6.54 Å². The lowest BCUT2D eigenvalue weighted by Gasteiger charge is -2.05. The standard InChI is InChI=1S/C17H15N7O/c1-12-2-3-15-22-14(9-23(15)8-12)7-20-17(25)13-4-5-19-16(6-13)24-11-18-10-21-24/h2-6,8-11H,7H2,1H3,(H,20,25). The number of imidazole rings is 1. The Morgan fingerprint density at radius 1 is 1.24 bits per heavy atom. The van der Waals surface area contributed by atoms with E-state index in [1.54, 1.807) is 18.3 Å². The van der Waals surface area contributed by atoms with Gasteiger partial charge in [0.2, 0.25) is 0 Å². The zero-order chi connectivity index (χ0) is 17.2. The van der Waals surface area contributed by atoms with E-state index >= 15 is 0 Å². The van der Waals surface area contributed by atoms with Crippen LogP contribution in [0.15, 0.2) is 55.5 Å². The number of fused-ring (bicyclic) bond motifs is 1. The Morgan fingerprint density at radius 2 is 2.16 bits per heavy atom. The lowest BCUT2D eigenvalue weighted by Crippen LogP contribution is -2.23. The van der Waals surface area contributed by atoms with Gasteiger partial charge in [0.15, 0.2) is 5.82 Å². The molecule has 0 aliphatic carbocycles. The van der Waals surface area contributed by atoms with E-state index in [4.69, 9.17) is 0 Å². The van der Waals surface area contributed by atoms with Gasteiger partial charge in [-0.2, -0.15) is 5.10 Å². The first-order valence-electron chi connectivity index (χ1n) is 7.72. The van der Waals surface area contributed by atoms with E-state index in [0.29, 0.717) is 17.9 Å². The van der Waals surface area contributed by atoms with Crippen molar-refractivity contribution in [3.63, 3.8) is 0 Å². The summed E-state index contributed by atoms with van der Waals surface area (Å²) in [4.78, 5) is 24.9. The monoisotopic (exact) mass is 333 g/mol. The van der Waals surface area contributed by atoms with Crippen molar-refractivity contribution in [2.45, 2.75) is 13.5 Å². The van der Waals surface area contributed by atoms with Crippen molar-refractivity contribution in [3.8, 4) is 5.82 Å². The topological polar surface area (TPSA) is 90.0 Å². The van der Waals surface area contributed by atoms with Crippen molar-refractivity contribution in [2.75, 3.05) is 0 Å². The number of nitrogens with zero attached hydrogens (tertiary/aromatic N) is 6. The molecule has 8 nitrogen and oxygen atoms in total. The molecule has 0 fully saturated rings. The summed E-state index contributed by atoms with van der Waals surface area (Å²) >= 11 is 0. The van der Waals surface area contributed by atoms with Crippen LogP contribution in [0, 0.1) is 6.92 Å². The molecule has 0 atom stereocenters. The molecule has 0 spiro atoms. The van der Waals surface area contributed by atoms with Crippen LogP contribution in [0.2, 0.25) is 0 Å². The number of nitrogens with one attached hydrogen (secondary N) is 1. The van der Waals surface area contributed by atoms with Gasteiger partial charge in [-0.3, -0.25) is 4.79 Å². The molecule has 0 unspecified atom stereocenters. The Labute approximate surface area is 143 Å². The van der Waals surface area contributed by atoms with Gasteiger partial charge in [-0.05, 0) is 30.7 Å². The smallest absolute Gasteiger partial charge is 0.251 e. The lowest BCUT2D eigenvalue weighted by molar-refractivity contribution is 0.0950. The second-order valence-electron chi connectivity index (χ2n) is 5.63. The molecule has 0 radical (unpaired) electrons. The third-order valence-corrected chi connectivity index (χ3v) is 3.74. The highest BCUT2D eigenvalue weighted by atomic mass is 16.1. The molecule has 0 bridgehead atoms. The highest BCUT2D eigenvalue weighted by Gasteiger charge is 2.09. The molecule has 0 aliphatic heterocycles. The average Bonchev–Trinajstić information content (AvgIpc) is 3.29. The molecule has 8 heteroatoms. The zero-order valence-electron chi connectivity index (χ0n) is 13.5. The minimum atomic E-state index is -0.197. The van der Waals surface area contributed by atoms with Gasteiger partial charge in [-0.15, -0.1) is 0 Å². The van der Waals surface area contributed by atoms with E-state index in [0.717, 1.165) is 16.9 Å². The Hall–Kier alpha value is -3.55. The molecule has 124 valence electrons. The molecule has 4 aromatic rings. The first kappa shape index (κ1) is 15.0. The third kappa shape index (κ3) is 3.09. The summed E-state index contributed by atoms with van der Waals surface area (Å²) in [5, 5.41) is 6.89. The second-order valence-corrected chi connectivity index (χ2v) is 5.63. The van der Waals surface area contributed by atoms with Crippen LogP contribution in [-0.4, -0.2) is 35.0 Å². The minimum absolute atomic E-state index is 0.197. The summed E-state index contributed by atoms with van der Waals surface area (Å²) in [6, 6.07) is 7.28. The molecular formula is C17H15N7O. The molecular weight excluding hydrogens is 318 g/mol. The van der Waals surface area contributed by atoms with Gasteiger partial charge >= 0.3 is 0 Å². The molecule has 4 aromatic heterocycles. The van der Waals surface area contributed by atoms with Crippen LogP contribution in [0.5, 0.6) is 0 Å². The molecule has 0 aromatic carbocycles. The molecule has 1 amide bonds. The zero-order valence-corrected chi connectivity index (χ0v) is 13.5. The van der Waals surface area contributed by atoms with Crippen molar-refractivity contribution in [1.82, 2.24) is 34.4 Å².